The smallest absolute Gasteiger partial charge is 0.224 e. The summed E-state index contributed by atoms with van der Waals surface area (Å²) >= 11 is 0. The van der Waals surface area contributed by atoms with Gasteiger partial charge in [-0.3, -0.25) is 9.48 Å². The van der Waals surface area contributed by atoms with Gasteiger partial charge in [-0.1, -0.05) is 12.1 Å². The zero-order valence-electron chi connectivity index (χ0n) is 14.0. The molecular formula is C19H25N3O2. The standard InChI is InChI=1S/C19H25N3O2/c23-18-9-6-16(7-10-18)5-8-17-4-1-2-14-22(17)19(24)11-15-21-13-3-12-20-21/h3,6-7,9-10,12-13,17,23H,1-2,4-5,8,11,14-15H2/t17-/m1/s1. The van der Waals surface area contributed by atoms with Crippen LogP contribution in [0.1, 0.15) is 37.7 Å². The van der Waals surface area contributed by atoms with Crippen molar-refractivity contribution in [3.63, 3.8) is 0 Å². The second-order valence-electron chi connectivity index (χ2n) is 6.46. The van der Waals surface area contributed by atoms with Crippen molar-refractivity contribution in [3.05, 3.63) is 48.3 Å². The lowest BCUT2D eigenvalue weighted by molar-refractivity contribution is -0.135. The number of phenols is 1. The third-order valence-corrected chi connectivity index (χ3v) is 4.76. The summed E-state index contributed by atoms with van der Waals surface area (Å²) in [5.74, 6) is 0.535. The zero-order valence-corrected chi connectivity index (χ0v) is 14.0. The minimum atomic E-state index is 0.237. The molecule has 0 spiro atoms. The van der Waals surface area contributed by atoms with Gasteiger partial charge in [0, 0.05) is 37.9 Å². The molecule has 2 aromatic rings. The second kappa shape index (κ2) is 7.99. The Bertz CT molecular complexity index is 637. The van der Waals surface area contributed by atoms with Crippen molar-refractivity contribution in [2.45, 2.75) is 51.1 Å². The first-order valence-corrected chi connectivity index (χ1v) is 8.77. The van der Waals surface area contributed by atoms with Crippen molar-refractivity contribution < 1.29 is 9.90 Å². The lowest BCUT2D eigenvalue weighted by Gasteiger charge is -2.36. The first kappa shape index (κ1) is 16.6. The highest BCUT2D eigenvalue weighted by molar-refractivity contribution is 5.76. The SMILES string of the molecule is O=C(CCn1cccn1)N1CCCC[C@@H]1CCc1ccc(O)cc1. The number of benzene rings is 1. The second-order valence-corrected chi connectivity index (χ2v) is 6.46. The van der Waals surface area contributed by atoms with E-state index < -0.39 is 0 Å². The Morgan fingerprint density at radius 1 is 1.25 bits per heavy atom. The third kappa shape index (κ3) is 4.37. The van der Waals surface area contributed by atoms with Crippen LogP contribution in [0.5, 0.6) is 5.75 Å². The number of aromatic nitrogens is 2. The molecule has 5 heteroatoms. The van der Waals surface area contributed by atoms with Crippen LogP contribution >= 0.6 is 0 Å². The van der Waals surface area contributed by atoms with Gasteiger partial charge in [-0.25, -0.2) is 0 Å². The molecule has 1 aliphatic heterocycles. The first-order chi connectivity index (χ1) is 11.7. The van der Waals surface area contributed by atoms with Crippen molar-refractivity contribution >= 4 is 5.91 Å². The molecule has 2 heterocycles. The molecule has 1 aromatic carbocycles. The molecule has 0 unspecified atom stereocenters. The van der Waals surface area contributed by atoms with E-state index in [1.807, 2.05) is 29.1 Å². The number of likely N-dealkylation sites (tertiary alicyclic amines) is 1. The van der Waals surface area contributed by atoms with Crippen LogP contribution in [0.4, 0.5) is 0 Å². The van der Waals surface area contributed by atoms with Gasteiger partial charge in [-0.05, 0) is 55.9 Å². The van der Waals surface area contributed by atoms with Crippen LogP contribution in [-0.2, 0) is 17.8 Å². The normalized spacial score (nSPS) is 17.8. The van der Waals surface area contributed by atoms with E-state index in [4.69, 9.17) is 0 Å². The lowest BCUT2D eigenvalue weighted by atomic mass is 9.95. The highest BCUT2D eigenvalue weighted by Crippen LogP contribution is 2.23. The quantitative estimate of drug-likeness (QED) is 0.887. The van der Waals surface area contributed by atoms with Crippen LogP contribution in [-0.4, -0.2) is 38.3 Å². The molecule has 0 saturated carbocycles. The Morgan fingerprint density at radius 2 is 2.08 bits per heavy atom. The van der Waals surface area contributed by atoms with E-state index in [2.05, 4.69) is 10.00 Å². The molecule has 1 saturated heterocycles. The van der Waals surface area contributed by atoms with Gasteiger partial charge in [0.05, 0.1) is 0 Å². The highest BCUT2D eigenvalue weighted by Gasteiger charge is 2.26. The van der Waals surface area contributed by atoms with E-state index in [1.165, 1.54) is 12.0 Å². The van der Waals surface area contributed by atoms with E-state index in [0.29, 0.717) is 24.8 Å². The number of hydrogen-bond acceptors (Lipinski definition) is 3. The molecule has 3 rings (SSSR count). The van der Waals surface area contributed by atoms with Gasteiger partial charge in [0.25, 0.3) is 0 Å². The Morgan fingerprint density at radius 3 is 2.83 bits per heavy atom. The number of carbonyl (C=O) groups excluding carboxylic acids is 1. The maximum atomic E-state index is 12.6. The molecule has 24 heavy (non-hydrogen) atoms. The predicted octanol–water partition coefficient (Wildman–Crippen LogP) is 2.99. The Labute approximate surface area is 142 Å². The van der Waals surface area contributed by atoms with Crippen molar-refractivity contribution in [1.29, 1.82) is 0 Å². The summed E-state index contributed by atoms with van der Waals surface area (Å²) < 4.78 is 1.81. The number of piperidine rings is 1. The fourth-order valence-electron chi connectivity index (χ4n) is 3.41. The van der Waals surface area contributed by atoms with E-state index in [-0.39, 0.29) is 5.91 Å². The number of amides is 1. The lowest BCUT2D eigenvalue weighted by Crippen LogP contribution is -2.44. The molecule has 0 radical (unpaired) electrons. The molecule has 0 aliphatic carbocycles. The predicted molar refractivity (Wildman–Crippen MR) is 92.6 cm³/mol. The average molecular weight is 327 g/mol. The Kier molecular flexibility index (Phi) is 5.51. The number of aromatic hydroxyl groups is 1. The van der Waals surface area contributed by atoms with Crippen molar-refractivity contribution in [1.82, 2.24) is 14.7 Å². The minimum Gasteiger partial charge on any atom is -0.508 e. The van der Waals surface area contributed by atoms with Gasteiger partial charge in [0.15, 0.2) is 0 Å². The molecule has 0 bridgehead atoms. The van der Waals surface area contributed by atoms with E-state index in [0.717, 1.165) is 32.2 Å². The fraction of sp³-hybridized carbons (Fsp3) is 0.474. The maximum Gasteiger partial charge on any atom is 0.224 e. The van der Waals surface area contributed by atoms with Gasteiger partial charge in [0.1, 0.15) is 5.75 Å². The summed E-state index contributed by atoms with van der Waals surface area (Å²) in [6.45, 7) is 1.52. The molecule has 1 amide bonds. The maximum absolute atomic E-state index is 12.6. The Balaban J connectivity index is 1.54. The Hall–Kier alpha value is -2.30. The minimum absolute atomic E-state index is 0.237. The van der Waals surface area contributed by atoms with Crippen LogP contribution in [0.25, 0.3) is 0 Å². The molecule has 1 aromatic heterocycles. The first-order valence-electron chi connectivity index (χ1n) is 8.77. The van der Waals surface area contributed by atoms with Gasteiger partial charge in [-0.15, -0.1) is 0 Å². The number of carbonyl (C=O) groups is 1. The fourth-order valence-corrected chi connectivity index (χ4v) is 3.41. The van der Waals surface area contributed by atoms with Crippen LogP contribution < -0.4 is 0 Å². The summed E-state index contributed by atoms with van der Waals surface area (Å²) in [4.78, 5) is 14.7. The summed E-state index contributed by atoms with van der Waals surface area (Å²) in [6.07, 6.45) is 9.46. The van der Waals surface area contributed by atoms with Crippen LogP contribution in [0, 0.1) is 0 Å². The molecule has 1 atom stereocenters. The highest BCUT2D eigenvalue weighted by atomic mass is 16.3. The van der Waals surface area contributed by atoms with Crippen LogP contribution in [0.3, 0.4) is 0 Å². The van der Waals surface area contributed by atoms with Crippen molar-refractivity contribution in [2.24, 2.45) is 0 Å². The summed E-state index contributed by atoms with van der Waals surface area (Å²) in [5, 5.41) is 13.5. The number of aryl methyl sites for hydroxylation is 2. The van der Waals surface area contributed by atoms with Gasteiger partial charge < -0.3 is 10.0 Å². The molecule has 128 valence electrons. The number of rotatable bonds is 6. The van der Waals surface area contributed by atoms with Crippen molar-refractivity contribution in [3.8, 4) is 5.75 Å². The van der Waals surface area contributed by atoms with E-state index >= 15 is 0 Å². The third-order valence-electron chi connectivity index (χ3n) is 4.76. The summed E-state index contributed by atoms with van der Waals surface area (Å²) in [6, 6.07) is 9.58. The summed E-state index contributed by atoms with van der Waals surface area (Å²) in [5.41, 5.74) is 1.21. The molecule has 1 fully saturated rings. The van der Waals surface area contributed by atoms with Crippen molar-refractivity contribution in [2.75, 3.05) is 6.54 Å². The monoisotopic (exact) mass is 327 g/mol. The van der Waals surface area contributed by atoms with Gasteiger partial charge >= 0.3 is 0 Å². The number of nitrogens with zero attached hydrogens (tertiary/aromatic N) is 3. The molecule has 5 nitrogen and oxygen atoms in total. The number of phenolic OH excluding ortho intramolecular Hbond substituents is 1. The van der Waals surface area contributed by atoms with Crippen LogP contribution in [0.2, 0.25) is 0 Å². The molecular weight excluding hydrogens is 302 g/mol. The molecule has 1 aliphatic rings. The van der Waals surface area contributed by atoms with E-state index in [9.17, 15) is 9.90 Å². The average Bonchev–Trinajstić information content (AvgIpc) is 3.13. The topological polar surface area (TPSA) is 58.4 Å². The number of hydrogen-bond donors (Lipinski definition) is 1. The zero-order chi connectivity index (χ0) is 16.8. The molecule has 1 N–H and O–H groups in total. The van der Waals surface area contributed by atoms with E-state index in [1.54, 1.807) is 18.3 Å². The van der Waals surface area contributed by atoms with Gasteiger partial charge in [0.2, 0.25) is 5.91 Å². The van der Waals surface area contributed by atoms with Gasteiger partial charge in [-0.2, -0.15) is 5.10 Å². The van der Waals surface area contributed by atoms with Crippen LogP contribution in [0.15, 0.2) is 42.7 Å². The largest absolute Gasteiger partial charge is 0.508 e. The summed E-state index contributed by atoms with van der Waals surface area (Å²) in [7, 11) is 0.